The Morgan fingerprint density at radius 2 is 1.67 bits per heavy atom. The minimum atomic E-state index is -0.452. The van der Waals surface area contributed by atoms with Crippen molar-refractivity contribution in [3.8, 4) is 0 Å². The number of piperidine rings is 1. The molecule has 1 unspecified atom stereocenters. The summed E-state index contributed by atoms with van der Waals surface area (Å²) in [7, 11) is 0. The first-order valence-electron chi connectivity index (χ1n) is 11.2. The molecule has 1 N–H and O–H groups in total. The zero-order chi connectivity index (χ0) is 21.8. The van der Waals surface area contributed by atoms with E-state index in [9.17, 15) is 14.4 Å². The van der Waals surface area contributed by atoms with Crippen molar-refractivity contribution in [2.24, 2.45) is 11.8 Å². The summed E-state index contributed by atoms with van der Waals surface area (Å²) in [4.78, 5) is 42.3. The van der Waals surface area contributed by atoms with Gasteiger partial charge in [0.05, 0.1) is 0 Å². The Labute approximate surface area is 180 Å². The van der Waals surface area contributed by atoms with Crippen LogP contribution in [0.25, 0.3) is 0 Å². The van der Waals surface area contributed by atoms with Gasteiger partial charge in [0.1, 0.15) is 6.04 Å². The minimum Gasteiger partial charge on any atom is -0.354 e. The number of amides is 3. The van der Waals surface area contributed by atoms with Crippen molar-refractivity contribution in [1.82, 2.24) is 15.1 Å². The number of nitrogens with zero attached hydrogens (tertiary/aromatic N) is 2. The van der Waals surface area contributed by atoms with E-state index in [1.807, 2.05) is 50.8 Å². The quantitative estimate of drug-likeness (QED) is 0.807. The first-order chi connectivity index (χ1) is 14.3. The highest BCUT2D eigenvalue weighted by molar-refractivity contribution is 5.89. The molecular weight excluding hydrogens is 378 g/mol. The van der Waals surface area contributed by atoms with Gasteiger partial charge in [-0.15, -0.1) is 0 Å². The summed E-state index contributed by atoms with van der Waals surface area (Å²) in [6.07, 6.45) is 2.36. The number of benzene rings is 1. The largest absolute Gasteiger partial charge is 0.354 e. The summed E-state index contributed by atoms with van der Waals surface area (Å²) in [5.41, 5.74) is 2.28. The highest BCUT2D eigenvalue weighted by Gasteiger charge is 2.38. The predicted octanol–water partition coefficient (Wildman–Crippen LogP) is 2.75. The summed E-state index contributed by atoms with van der Waals surface area (Å²) >= 11 is 0. The van der Waals surface area contributed by atoms with E-state index < -0.39 is 6.04 Å². The fourth-order valence-corrected chi connectivity index (χ4v) is 4.45. The first-order valence-corrected chi connectivity index (χ1v) is 11.2. The summed E-state index contributed by atoms with van der Waals surface area (Å²) in [5, 5.41) is 2.98. The van der Waals surface area contributed by atoms with Crippen LogP contribution in [0.5, 0.6) is 0 Å². The average Bonchev–Trinajstić information content (AvgIpc) is 2.71. The Bertz CT molecular complexity index is 782. The molecule has 1 aromatic carbocycles. The second kappa shape index (κ2) is 9.63. The van der Waals surface area contributed by atoms with Gasteiger partial charge < -0.3 is 15.1 Å². The lowest BCUT2D eigenvalue weighted by Crippen LogP contribution is -2.55. The van der Waals surface area contributed by atoms with Crippen molar-refractivity contribution >= 4 is 17.7 Å². The van der Waals surface area contributed by atoms with E-state index in [2.05, 4.69) is 11.4 Å². The maximum absolute atomic E-state index is 13.4. The van der Waals surface area contributed by atoms with Gasteiger partial charge in [0.25, 0.3) is 0 Å². The Hall–Kier alpha value is -2.37. The number of hydrogen-bond acceptors (Lipinski definition) is 3. The van der Waals surface area contributed by atoms with E-state index in [1.165, 1.54) is 0 Å². The number of carbonyl (C=O) groups is 3. The van der Waals surface area contributed by atoms with Crippen molar-refractivity contribution in [1.29, 1.82) is 0 Å². The number of fused-ring (bicyclic) bond motifs is 1. The van der Waals surface area contributed by atoms with Gasteiger partial charge in [-0.2, -0.15) is 0 Å². The maximum atomic E-state index is 13.4. The molecule has 0 saturated carbocycles. The molecule has 0 radical (unpaired) electrons. The van der Waals surface area contributed by atoms with Crippen molar-refractivity contribution in [3.63, 3.8) is 0 Å². The van der Waals surface area contributed by atoms with Crippen molar-refractivity contribution < 1.29 is 14.4 Å². The lowest BCUT2D eigenvalue weighted by Gasteiger charge is -2.40. The van der Waals surface area contributed by atoms with Crippen LogP contribution in [0.2, 0.25) is 0 Å². The van der Waals surface area contributed by atoms with Gasteiger partial charge in [-0.1, -0.05) is 38.1 Å². The summed E-state index contributed by atoms with van der Waals surface area (Å²) in [6, 6.07) is 7.75. The molecule has 1 fully saturated rings. The average molecular weight is 414 g/mol. The normalized spacial score (nSPS) is 19.7. The van der Waals surface area contributed by atoms with Crippen LogP contribution >= 0.6 is 0 Å². The van der Waals surface area contributed by atoms with Gasteiger partial charge in [-0.25, -0.2) is 0 Å². The lowest BCUT2D eigenvalue weighted by molar-refractivity contribution is -0.149. The number of likely N-dealkylation sites (tertiary alicyclic amines) is 1. The molecule has 3 rings (SSSR count). The molecule has 2 aliphatic rings. The summed E-state index contributed by atoms with van der Waals surface area (Å²) < 4.78 is 0. The zero-order valence-electron chi connectivity index (χ0n) is 18.7. The molecule has 0 aliphatic carbocycles. The van der Waals surface area contributed by atoms with Crippen LogP contribution in [-0.4, -0.2) is 52.7 Å². The van der Waals surface area contributed by atoms with Crippen LogP contribution in [0.3, 0.4) is 0 Å². The van der Waals surface area contributed by atoms with Gasteiger partial charge in [-0.05, 0) is 43.7 Å². The molecule has 6 nitrogen and oxygen atoms in total. The fraction of sp³-hybridized carbons (Fsp3) is 0.625. The van der Waals surface area contributed by atoms with E-state index in [-0.39, 0.29) is 35.6 Å². The zero-order valence-corrected chi connectivity index (χ0v) is 18.7. The molecule has 0 spiro atoms. The molecular formula is C24H35N3O3. The van der Waals surface area contributed by atoms with Crippen LogP contribution in [0.4, 0.5) is 0 Å². The molecule has 0 aromatic heterocycles. The van der Waals surface area contributed by atoms with Gasteiger partial charge >= 0.3 is 0 Å². The van der Waals surface area contributed by atoms with Crippen LogP contribution < -0.4 is 5.32 Å². The maximum Gasteiger partial charge on any atom is 0.245 e. The molecule has 3 amide bonds. The summed E-state index contributed by atoms with van der Waals surface area (Å²) in [5.74, 6) is 0.355. The highest BCUT2D eigenvalue weighted by atomic mass is 16.2. The highest BCUT2D eigenvalue weighted by Crippen LogP contribution is 2.27. The van der Waals surface area contributed by atoms with E-state index in [1.54, 1.807) is 4.90 Å². The van der Waals surface area contributed by atoms with Crippen molar-refractivity contribution in [2.45, 2.75) is 72.0 Å². The number of carbonyl (C=O) groups excluding carboxylic acids is 3. The van der Waals surface area contributed by atoms with Gasteiger partial charge in [0.2, 0.25) is 17.7 Å². The monoisotopic (exact) mass is 413 g/mol. The molecule has 1 atom stereocenters. The topological polar surface area (TPSA) is 69.7 Å². The smallest absolute Gasteiger partial charge is 0.245 e. The Balaban J connectivity index is 1.71. The second-order valence-corrected chi connectivity index (χ2v) is 9.37. The fourth-order valence-electron chi connectivity index (χ4n) is 4.45. The third-order valence-electron chi connectivity index (χ3n) is 6.05. The van der Waals surface area contributed by atoms with Gasteiger partial charge in [0, 0.05) is 44.4 Å². The third kappa shape index (κ3) is 5.21. The second-order valence-electron chi connectivity index (χ2n) is 9.37. The van der Waals surface area contributed by atoms with Crippen LogP contribution in [-0.2, 0) is 27.3 Å². The molecule has 30 heavy (non-hydrogen) atoms. The van der Waals surface area contributed by atoms with Crippen molar-refractivity contribution in [3.05, 3.63) is 35.4 Å². The molecule has 6 heteroatoms. The molecule has 1 aromatic rings. The Morgan fingerprint density at radius 3 is 2.27 bits per heavy atom. The van der Waals surface area contributed by atoms with Crippen LogP contribution in [0.15, 0.2) is 24.3 Å². The molecule has 2 heterocycles. The van der Waals surface area contributed by atoms with Crippen molar-refractivity contribution in [2.75, 3.05) is 13.1 Å². The van der Waals surface area contributed by atoms with E-state index in [0.717, 1.165) is 11.1 Å². The van der Waals surface area contributed by atoms with E-state index in [0.29, 0.717) is 45.3 Å². The number of nitrogens with one attached hydrogen (secondary N) is 1. The van der Waals surface area contributed by atoms with E-state index >= 15 is 0 Å². The Kier molecular flexibility index (Phi) is 7.16. The Morgan fingerprint density at radius 1 is 1.03 bits per heavy atom. The molecule has 164 valence electrons. The van der Waals surface area contributed by atoms with Crippen LogP contribution in [0, 0.1) is 11.8 Å². The lowest BCUT2D eigenvalue weighted by atomic mass is 9.90. The number of hydrogen-bond donors (Lipinski definition) is 1. The van der Waals surface area contributed by atoms with Crippen LogP contribution in [0.1, 0.15) is 58.1 Å². The van der Waals surface area contributed by atoms with Gasteiger partial charge in [-0.3, -0.25) is 14.4 Å². The minimum absolute atomic E-state index is 0.0179. The predicted molar refractivity (Wildman–Crippen MR) is 117 cm³/mol. The SMILES string of the molecule is CC(C)CC(=O)N1Cc2ccccc2CC1C(=O)N1CCC(C(=O)NC(C)C)CC1. The number of rotatable bonds is 5. The third-order valence-corrected chi connectivity index (χ3v) is 6.05. The molecule has 0 bridgehead atoms. The van der Waals surface area contributed by atoms with E-state index in [4.69, 9.17) is 0 Å². The standard InChI is InChI=1S/C24H35N3O3/c1-16(2)13-22(28)27-15-20-8-6-5-7-19(20)14-21(27)24(30)26-11-9-18(10-12-26)23(29)25-17(3)4/h5-8,16-18,21H,9-15H2,1-4H3,(H,25,29). The summed E-state index contributed by atoms with van der Waals surface area (Å²) in [6.45, 7) is 9.60. The van der Waals surface area contributed by atoms with Gasteiger partial charge in [0.15, 0.2) is 0 Å². The molecule has 1 saturated heterocycles. The molecule has 2 aliphatic heterocycles. The first kappa shape index (κ1) is 22.3.